The smallest absolute Gasteiger partial charge is 0.185 e. The third kappa shape index (κ3) is 1.80. The van der Waals surface area contributed by atoms with E-state index in [-0.39, 0.29) is 0 Å². The lowest BCUT2D eigenvalue weighted by atomic mass is 10.1. The number of pyridine rings is 1. The molecule has 0 amide bonds. The Morgan fingerprint density at radius 1 is 0.783 bits per heavy atom. The summed E-state index contributed by atoms with van der Waals surface area (Å²) >= 11 is 0. The van der Waals surface area contributed by atoms with E-state index in [0.29, 0.717) is 16.8 Å². The van der Waals surface area contributed by atoms with Crippen molar-refractivity contribution in [3.05, 3.63) is 60.7 Å². The number of rotatable bonds is 1. The molecule has 5 nitrogen and oxygen atoms in total. The van der Waals surface area contributed by atoms with Crippen LogP contribution in [-0.4, -0.2) is 20.4 Å². The molecule has 23 heavy (non-hydrogen) atoms. The van der Waals surface area contributed by atoms with Gasteiger partial charge in [0, 0.05) is 10.8 Å². The van der Waals surface area contributed by atoms with Gasteiger partial charge < -0.3 is 4.42 Å². The molecule has 5 aromatic rings. The highest BCUT2D eigenvalue weighted by atomic mass is 16.3. The second-order valence-corrected chi connectivity index (χ2v) is 5.30. The maximum absolute atomic E-state index is 5.95. The number of nitrogens with zero attached hydrogens (tertiary/aromatic N) is 4. The molecule has 3 aromatic heterocycles. The minimum atomic E-state index is 0.608. The average molecular weight is 298 g/mol. The zero-order valence-corrected chi connectivity index (χ0v) is 12.0. The van der Waals surface area contributed by atoms with E-state index in [2.05, 4.69) is 20.4 Å². The molecule has 0 saturated heterocycles. The standard InChI is InChI=1S/C18H10N4O/c1-3-7-13-11(5-1)9-10-14(19-13)17-18-16(20-22-21-17)12-6-2-4-8-15(12)23-18/h1-10H. The van der Waals surface area contributed by atoms with Gasteiger partial charge in [-0.3, -0.25) is 0 Å². The zero-order valence-electron chi connectivity index (χ0n) is 12.0. The molecule has 0 bridgehead atoms. The first-order valence-corrected chi connectivity index (χ1v) is 7.27. The van der Waals surface area contributed by atoms with E-state index >= 15 is 0 Å². The van der Waals surface area contributed by atoms with Gasteiger partial charge >= 0.3 is 0 Å². The van der Waals surface area contributed by atoms with Crippen molar-refractivity contribution in [1.82, 2.24) is 20.4 Å². The number of fused-ring (bicyclic) bond motifs is 4. The van der Waals surface area contributed by atoms with E-state index in [0.717, 1.165) is 27.6 Å². The summed E-state index contributed by atoms with van der Waals surface area (Å²) in [5, 5.41) is 14.2. The molecule has 108 valence electrons. The molecule has 0 spiro atoms. The van der Waals surface area contributed by atoms with E-state index in [1.807, 2.05) is 60.7 Å². The van der Waals surface area contributed by atoms with Crippen molar-refractivity contribution in [2.45, 2.75) is 0 Å². The van der Waals surface area contributed by atoms with Crippen LogP contribution in [0.4, 0.5) is 0 Å². The summed E-state index contributed by atoms with van der Waals surface area (Å²) < 4.78 is 5.95. The molecule has 0 fully saturated rings. The van der Waals surface area contributed by atoms with Gasteiger partial charge in [-0.1, -0.05) is 36.4 Å². The summed E-state index contributed by atoms with van der Waals surface area (Å²) in [7, 11) is 0. The van der Waals surface area contributed by atoms with Crippen molar-refractivity contribution in [3.8, 4) is 11.4 Å². The minimum Gasteiger partial charge on any atom is -0.452 e. The molecule has 0 saturated carbocycles. The molecule has 0 aliphatic rings. The lowest BCUT2D eigenvalue weighted by Crippen LogP contribution is -1.94. The molecule has 0 aliphatic heterocycles. The van der Waals surface area contributed by atoms with E-state index in [9.17, 15) is 0 Å². The van der Waals surface area contributed by atoms with Gasteiger partial charge in [-0.15, -0.1) is 10.2 Å². The van der Waals surface area contributed by atoms with Crippen molar-refractivity contribution in [1.29, 1.82) is 0 Å². The summed E-state index contributed by atoms with van der Waals surface area (Å²) in [5.74, 6) is 0. The minimum absolute atomic E-state index is 0.608. The van der Waals surface area contributed by atoms with Gasteiger partial charge in [-0.05, 0) is 29.5 Å². The Balaban J connectivity index is 1.84. The fourth-order valence-corrected chi connectivity index (χ4v) is 2.81. The Morgan fingerprint density at radius 3 is 2.65 bits per heavy atom. The second-order valence-electron chi connectivity index (χ2n) is 5.30. The fourth-order valence-electron chi connectivity index (χ4n) is 2.81. The van der Waals surface area contributed by atoms with E-state index < -0.39 is 0 Å². The predicted molar refractivity (Wildman–Crippen MR) is 87.8 cm³/mol. The van der Waals surface area contributed by atoms with Gasteiger partial charge in [-0.25, -0.2) is 4.98 Å². The highest BCUT2D eigenvalue weighted by molar-refractivity contribution is 6.05. The molecule has 5 rings (SSSR count). The third-order valence-corrected chi connectivity index (χ3v) is 3.91. The molecule has 0 aliphatic carbocycles. The Hall–Kier alpha value is -3.34. The molecule has 5 heteroatoms. The van der Waals surface area contributed by atoms with Gasteiger partial charge in [0.05, 0.1) is 11.2 Å². The summed E-state index contributed by atoms with van der Waals surface area (Å²) in [5.41, 5.74) is 4.34. The molecule has 0 radical (unpaired) electrons. The van der Waals surface area contributed by atoms with Crippen molar-refractivity contribution < 1.29 is 4.42 Å². The first-order valence-electron chi connectivity index (χ1n) is 7.27. The van der Waals surface area contributed by atoms with E-state index in [4.69, 9.17) is 4.42 Å². The van der Waals surface area contributed by atoms with Crippen LogP contribution in [-0.2, 0) is 0 Å². The maximum Gasteiger partial charge on any atom is 0.185 e. The maximum atomic E-state index is 5.95. The first-order chi connectivity index (χ1) is 11.4. The van der Waals surface area contributed by atoms with Crippen LogP contribution < -0.4 is 0 Å². The van der Waals surface area contributed by atoms with Crippen LogP contribution in [0.3, 0.4) is 0 Å². The predicted octanol–water partition coefficient (Wildman–Crippen LogP) is 3.99. The Bertz CT molecular complexity index is 1180. The van der Waals surface area contributed by atoms with Crippen LogP contribution in [0.5, 0.6) is 0 Å². The quantitative estimate of drug-likeness (QED) is 0.468. The van der Waals surface area contributed by atoms with Gasteiger partial charge in [0.2, 0.25) is 0 Å². The van der Waals surface area contributed by atoms with Crippen LogP contribution in [0.25, 0.3) is 44.4 Å². The molecule has 2 aromatic carbocycles. The number of furan rings is 1. The van der Waals surface area contributed by atoms with Crippen LogP contribution >= 0.6 is 0 Å². The third-order valence-electron chi connectivity index (χ3n) is 3.91. The summed E-state index contributed by atoms with van der Waals surface area (Å²) in [6.45, 7) is 0. The topological polar surface area (TPSA) is 64.7 Å². The lowest BCUT2D eigenvalue weighted by molar-refractivity contribution is 0.663. The Labute approximate surface area is 130 Å². The Morgan fingerprint density at radius 2 is 1.65 bits per heavy atom. The first kappa shape index (κ1) is 12.2. The van der Waals surface area contributed by atoms with Crippen LogP contribution in [0.1, 0.15) is 0 Å². The van der Waals surface area contributed by atoms with Crippen LogP contribution in [0.15, 0.2) is 65.1 Å². The summed E-state index contributed by atoms with van der Waals surface area (Å²) in [4.78, 5) is 4.68. The monoisotopic (exact) mass is 298 g/mol. The molecule has 3 heterocycles. The largest absolute Gasteiger partial charge is 0.452 e. The molecule has 0 atom stereocenters. The number of hydrogen-bond acceptors (Lipinski definition) is 5. The molecular weight excluding hydrogens is 288 g/mol. The summed E-state index contributed by atoms with van der Waals surface area (Å²) in [6, 6.07) is 19.7. The average Bonchev–Trinajstić information content (AvgIpc) is 3.00. The lowest BCUT2D eigenvalue weighted by Gasteiger charge is -2.01. The summed E-state index contributed by atoms with van der Waals surface area (Å²) in [6.07, 6.45) is 0. The van der Waals surface area contributed by atoms with Crippen molar-refractivity contribution in [2.75, 3.05) is 0 Å². The highest BCUT2D eigenvalue weighted by Crippen LogP contribution is 2.32. The Kier molecular flexibility index (Phi) is 2.43. The van der Waals surface area contributed by atoms with E-state index in [1.165, 1.54) is 0 Å². The number of benzene rings is 2. The van der Waals surface area contributed by atoms with Crippen molar-refractivity contribution in [3.63, 3.8) is 0 Å². The van der Waals surface area contributed by atoms with Gasteiger partial charge in [-0.2, -0.15) is 0 Å². The fraction of sp³-hybridized carbons (Fsp3) is 0. The zero-order chi connectivity index (χ0) is 15.2. The van der Waals surface area contributed by atoms with Gasteiger partial charge in [0.1, 0.15) is 11.1 Å². The normalized spacial score (nSPS) is 11.5. The molecule has 0 N–H and O–H groups in total. The van der Waals surface area contributed by atoms with Gasteiger partial charge in [0.15, 0.2) is 11.3 Å². The number of aromatic nitrogens is 4. The van der Waals surface area contributed by atoms with Crippen molar-refractivity contribution in [2.24, 2.45) is 0 Å². The van der Waals surface area contributed by atoms with Crippen LogP contribution in [0.2, 0.25) is 0 Å². The number of para-hydroxylation sites is 2. The van der Waals surface area contributed by atoms with Gasteiger partial charge in [0.25, 0.3) is 0 Å². The van der Waals surface area contributed by atoms with E-state index in [1.54, 1.807) is 0 Å². The highest BCUT2D eigenvalue weighted by Gasteiger charge is 2.16. The number of hydrogen-bond donors (Lipinski definition) is 0. The SMILES string of the molecule is c1ccc2nc(-c3nnnc4c3oc3ccccc34)ccc2c1. The molecule has 0 unspecified atom stereocenters. The molecular formula is C18H10N4O. The second kappa shape index (κ2) is 4.58. The van der Waals surface area contributed by atoms with Crippen molar-refractivity contribution >= 4 is 33.0 Å². The van der Waals surface area contributed by atoms with Crippen LogP contribution in [0, 0.1) is 0 Å².